The molecule has 1 heterocycles. The predicted octanol–water partition coefficient (Wildman–Crippen LogP) is 2.89. The van der Waals surface area contributed by atoms with E-state index in [0.29, 0.717) is 5.69 Å². The second kappa shape index (κ2) is 6.58. The minimum atomic E-state index is -0.536. The fourth-order valence-corrected chi connectivity index (χ4v) is 6.09. The van der Waals surface area contributed by atoms with E-state index in [4.69, 9.17) is 9.47 Å². The van der Waals surface area contributed by atoms with Crippen LogP contribution in [0.2, 0.25) is 0 Å². The first-order valence-corrected chi connectivity index (χ1v) is 10.2. The number of amides is 1. The van der Waals surface area contributed by atoms with Gasteiger partial charge in [-0.15, -0.1) is 0 Å². The summed E-state index contributed by atoms with van der Waals surface area (Å²) in [5, 5.41) is 4.73. The molecule has 2 aliphatic carbocycles. The van der Waals surface area contributed by atoms with E-state index < -0.39 is 23.7 Å². The first kappa shape index (κ1) is 17.7. The van der Waals surface area contributed by atoms with Gasteiger partial charge in [0, 0.05) is 17.0 Å². The third kappa shape index (κ3) is 2.64. The summed E-state index contributed by atoms with van der Waals surface area (Å²) in [7, 11) is 0. The SMILES string of the molecule is O=C(COC(=O)[C@@H]1[C@H]2C[C@H]3[C@H](OC(=O)[C@H]31)[C@@H]2Br)Nc1cccc2ccccc12. The van der Waals surface area contributed by atoms with Gasteiger partial charge in [0.25, 0.3) is 5.91 Å². The Kier molecular flexibility index (Phi) is 4.16. The maximum absolute atomic E-state index is 12.7. The zero-order valence-corrected chi connectivity index (χ0v) is 16.4. The summed E-state index contributed by atoms with van der Waals surface area (Å²) in [6.07, 6.45) is 0.639. The number of hydrogen-bond donors (Lipinski definition) is 1. The molecule has 2 saturated carbocycles. The zero-order valence-electron chi connectivity index (χ0n) is 14.8. The lowest BCUT2D eigenvalue weighted by Gasteiger charge is -2.26. The van der Waals surface area contributed by atoms with E-state index in [1.165, 1.54) is 0 Å². The van der Waals surface area contributed by atoms with E-state index in [1.54, 1.807) is 0 Å². The van der Waals surface area contributed by atoms with Gasteiger partial charge in [0.2, 0.25) is 0 Å². The Morgan fingerprint density at radius 1 is 1.14 bits per heavy atom. The van der Waals surface area contributed by atoms with Crippen molar-refractivity contribution in [2.75, 3.05) is 11.9 Å². The maximum atomic E-state index is 12.7. The monoisotopic (exact) mass is 443 g/mol. The number of alkyl halides is 1. The van der Waals surface area contributed by atoms with Gasteiger partial charge in [-0.2, -0.15) is 0 Å². The van der Waals surface area contributed by atoms with Crippen LogP contribution in [0.3, 0.4) is 0 Å². The number of carbonyl (C=O) groups excluding carboxylic acids is 3. The van der Waals surface area contributed by atoms with Gasteiger partial charge >= 0.3 is 11.9 Å². The van der Waals surface area contributed by atoms with Crippen LogP contribution < -0.4 is 5.32 Å². The van der Waals surface area contributed by atoms with Gasteiger partial charge in [0.05, 0.1) is 16.7 Å². The first-order valence-electron chi connectivity index (χ1n) is 9.33. The molecule has 2 aromatic rings. The molecule has 1 aliphatic heterocycles. The molecule has 0 radical (unpaired) electrons. The van der Waals surface area contributed by atoms with Gasteiger partial charge < -0.3 is 14.8 Å². The molecule has 0 unspecified atom stereocenters. The Labute approximate surface area is 169 Å². The van der Waals surface area contributed by atoms with Crippen molar-refractivity contribution < 1.29 is 23.9 Å². The molecule has 0 aromatic heterocycles. The van der Waals surface area contributed by atoms with Crippen LogP contribution in [0.4, 0.5) is 5.69 Å². The van der Waals surface area contributed by atoms with Crippen molar-refractivity contribution in [1.29, 1.82) is 0 Å². The summed E-state index contributed by atoms with van der Waals surface area (Å²) in [6.45, 7) is -0.381. The van der Waals surface area contributed by atoms with Crippen LogP contribution in [0.25, 0.3) is 10.8 Å². The van der Waals surface area contributed by atoms with Crippen LogP contribution in [-0.4, -0.2) is 35.4 Å². The number of benzene rings is 2. The highest BCUT2D eigenvalue weighted by atomic mass is 79.9. The Morgan fingerprint density at radius 2 is 1.93 bits per heavy atom. The molecule has 6 atom stereocenters. The zero-order chi connectivity index (χ0) is 19.4. The summed E-state index contributed by atoms with van der Waals surface area (Å²) in [5.74, 6) is -2.10. The molecule has 2 bridgehead atoms. The van der Waals surface area contributed by atoms with Crippen molar-refractivity contribution >= 4 is 50.2 Å². The molecule has 28 heavy (non-hydrogen) atoms. The molecule has 0 spiro atoms. The van der Waals surface area contributed by atoms with E-state index in [0.717, 1.165) is 17.2 Å². The summed E-state index contributed by atoms with van der Waals surface area (Å²) >= 11 is 3.57. The Bertz CT molecular complexity index is 986. The molecule has 2 aromatic carbocycles. The maximum Gasteiger partial charge on any atom is 0.310 e. The minimum Gasteiger partial charge on any atom is -0.461 e. The molecule has 1 amide bonds. The van der Waals surface area contributed by atoms with Crippen molar-refractivity contribution in [2.45, 2.75) is 17.4 Å². The average Bonchev–Trinajstić information content (AvgIpc) is 3.31. The fourth-order valence-electron chi connectivity index (χ4n) is 5.05. The molecule has 3 fully saturated rings. The number of nitrogens with one attached hydrogen (secondary N) is 1. The van der Waals surface area contributed by atoms with Crippen LogP contribution in [0.1, 0.15) is 6.42 Å². The second-order valence-electron chi connectivity index (χ2n) is 7.64. The molecule has 1 N–H and O–H groups in total. The standard InChI is InChI=1S/C21H18BrNO5/c22-18-12-8-13-17(21(26)28-19(13)18)16(12)20(25)27-9-15(24)23-14-7-3-5-10-4-1-2-6-11(10)14/h1-7,12-13,16-19H,8-9H2,(H,23,24)/t12-,13-,16-,17-,18-,19+/m1/s1. The number of carbonyl (C=O) groups is 3. The van der Waals surface area contributed by atoms with Crippen LogP contribution in [0.5, 0.6) is 0 Å². The van der Waals surface area contributed by atoms with Crippen LogP contribution in [0, 0.1) is 23.7 Å². The van der Waals surface area contributed by atoms with E-state index in [1.807, 2.05) is 42.5 Å². The number of hydrogen-bond acceptors (Lipinski definition) is 5. The number of anilines is 1. The van der Waals surface area contributed by atoms with Crippen molar-refractivity contribution in [3.05, 3.63) is 42.5 Å². The Morgan fingerprint density at radius 3 is 2.79 bits per heavy atom. The molecule has 1 saturated heterocycles. The summed E-state index contributed by atoms with van der Waals surface area (Å²) in [5.41, 5.74) is 0.668. The smallest absolute Gasteiger partial charge is 0.310 e. The predicted molar refractivity (Wildman–Crippen MR) is 105 cm³/mol. The number of esters is 2. The number of rotatable bonds is 4. The van der Waals surface area contributed by atoms with E-state index in [-0.39, 0.29) is 35.3 Å². The molecule has 7 heteroatoms. The fraction of sp³-hybridized carbons (Fsp3) is 0.381. The Hall–Kier alpha value is -2.41. The van der Waals surface area contributed by atoms with Gasteiger partial charge in [-0.05, 0) is 23.8 Å². The quantitative estimate of drug-likeness (QED) is 0.580. The third-order valence-corrected chi connectivity index (χ3v) is 7.40. The summed E-state index contributed by atoms with van der Waals surface area (Å²) in [4.78, 5) is 37.1. The van der Waals surface area contributed by atoms with Gasteiger partial charge in [-0.25, -0.2) is 0 Å². The van der Waals surface area contributed by atoms with E-state index in [9.17, 15) is 14.4 Å². The van der Waals surface area contributed by atoms with E-state index >= 15 is 0 Å². The Balaban J connectivity index is 1.25. The van der Waals surface area contributed by atoms with Gasteiger partial charge in [-0.1, -0.05) is 52.3 Å². The van der Waals surface area contributed by atoms with Crippen molar-refractivity contribution in [1.82, 2.24) is 0 Å². The molecule has 5 rings (SSSR count). The molecular weight excluding hydrogens is 426 g/mol. The van der Waals surface area contributed by atoms with Crippen LogP contribution >= 0.6 is 15.9 Å². The first-order chi connectivity index (χ1) is 13.5. The van der Waals surface area contributed by atoms with Crippen LogP contribution in [-0.2, 0) is 23.9 Å². The minimum absolute atomic E-state index is 0.0140. The van der Waals surface area contributed by atoms with Crippen LogP contribution in [0.15, 0.2) is 42.5 Å². The largest absolute Gasteiger partial charge is 0.461 e. The topological polar surface area (TPSA) is 81.7 Å². The summed E-state index contributed by atoms with van der Waals surface area (Å²) in [6, 6.07) is 13.3. The number of fused-ring (bicyclic) bond motifs is 2. The lowest BCUT2D eigenvalue weighted by Crippen LogP contribution is -2.39. The van der Waals surface area contributed by atoms with Crippen molar-refractivity contribution in [2.24, 2.45) is 23.7 Å². The van der Waals surface area contributed by atoms with Crippen molar-refractivity contribution in [3.63, 3.8) is 0 Å². The highest BCUT2D eigenvalue weighted by Crippen LogP contribution is 2.60. The highest BCUT2D eigenvalue weighted by molar-refractivity contribution is 9.09. The lowest BCUT2D eigenvalue weighted by molar-refractivity contribution is -0.157. The second-order valence-corrected chi connectivity index (χ2v) is 8.70. The number of ether oxygens (including phenoxy) is 2. The lowest BCUT2D eigenvalue weighted by atomic mass is 9.80. The van der Waals surface area contributed by atoms with Gasteiger partial charge in [0.1, 0.15) is 6.10 Å². The normalized spacial score (nSPS) is 32.4. The summed E-state index contributed by atoms with van der Waals surface area (Å²) < 4.78 is 10.7. The molecule has 6 nitrogen and oxygen atoms in total. The highest BCUT2D eigenvalue weighted by Gasteiger charge is 2.68. The van der Waals surface area contributed by atoms with E-state index in [2.05, 4.69) is 21.2 Å². The van der Waals surface area contributed by atoms with Crippen molar-refractivity contribution in [3.8, 4) is 0 Å². The average molecular weight is 444 g/mol. The number of halogens is 1. The molecular formula is C21H18BrNO5. The van der Waals surface area contributed by atoms with Gasteiger partial charge in [0.15, 0.2) is 6.61 Å². The third-order valence-electron chi connectivity index (χ3n) is 6.20. The molecule has 3 aliphatic rings. The van der Waals surface area contributed by atoms with Gasteiger partial charge in [-0.3, -0.25) is 14.4 Å². The molecule has 144 valence electrons.